The molecular weight excluding hydrogens is 184 g/mol. The predicted octanol–water partition coefficient (Wildman–Crippen LogP) is 4.50. The van der Waals surface area contributed by atoms with Crippen LogP contribution >= 0.6 is 21.6 Å². The van der Waals surface area contributed by atoms with Crippen molar-refractivity contribution in [2.75, 3.05) is 5.75 Å². The molecule has 1 rings (SSSR count). The SMILES string of the molecule is CCSSC1(CC)CCCCC1. The highest BCUT2D eigenvalue weighted by Gasteiger charge is 2.30. The molecule has 0 aromatic heterocycles. The van der Waals surface area contributed by atoms with Crippen molar-refractivity contribution in [1.82, 2.24) is 0 Å². The van der Waals surface area contributed by atoms with E-state index in [1.165, 1.54) is 44.3 Å². The maximum Gasteiger partial charge on any atom is 0.0261 e. The van der Waals surface area contributed by atoms with Crippen molar-refractivity contribution in [3.8, 4) is 0 Å². The number of hydrogen-bond acceptors (Lipinski definition) is 2. The van der Waals surface area contributed by atoms with Gasteiger partial charge in [0.15, 0.2) is 0 Å². The summed E-state index contributed by atoms with van der Waals surface area (Å²) in [5.41, 5.74) is 0. The standard InChI is InChI=1S/C10H20S2/c1-3-10(12-11-4-2)8-6-5-7-9-10/h3-9H2,1-2H3. The van der Waals surface area contributed by atoms with E-state index in [9.17, 15) is 0 Å². The number of hydrogen-bond donors (Lipinski definition) is 0. The zero-order valence-electron chi connectivity index (χ0n) is 8.27. The Morgan fingerprint density at radius 2 is 1.75 bits per heavy atom. The van der Waals surface area contributed by atoms with Crippen LogP contribution in [0.15, 0.2) is 0 Å². The highest BCUT2D eigenvalue weighted by molar-refractivity contribution is 8.77. The van der Waals surface area contributed by atoms with Gasteiger partial charge in [-0.1, -0.05) is 54.7 Å². The molecule has 0 radical (unpaired) electrons. The molecule has 1 fully saturated rings. The molecule has 0 atom stereocenters. The molecule has 0 heterocycles. The quantitative estimate of drug-likeness (QED) is 0.618. The highest BCUT2D eigenvalue weighted by atomic mass is 33.1. The third kappa shape index (κ3) is 2.88. The van der Waals surface area contributed by atoms with Gasteiger partial charge in [0, 0.05) is 10.5 Å². The number of rotatable bonds is 4. The van der Waals surface area contributed by atoms with Gasteiger partial charge in [0.05, 0.1) is 0 Å². The molecule has 1 aliphatic carbocycles. The van der Waals surface area contributed by atoms with E-state index in [0.717, 1.165) is 0 Å². The molecular formula is C10H20S2. The van der Waals surface area contributed by atoms with Gasteiger partial charge in [-0.3, -0.25) is 0 Å². The summed E-state index contributed by atoms with van der Waals surface area (Å²) in [6.07, 6.45) is 8.68. The first kappa shape index (κ1) is 10.8. The van der Waals surface area contributed by atoms with Crippen molar-refractivity contribution in [2.45, 2.75) is 57.1 Å². The summed E-state index contributed by atoms with van der Waals surface area (Å²) in [7, 11) is 4.22. The normalized spacial score (nSPS) is 22.5. The monoisotopic (exact) mass is 204 g/mol. The van der Waals surface area contributed by atoms with Gasteiger partial charge in [0.25, 0.3) is 0 Å². The molecule has 0 N–H and O–H groups in total. The van der Waals surface area contributed by atoms with Crippen LogP contribution in [0.5, 0.6) is 0 Å². The molecule has 0 saturated heterocycles. The maximum absolute atomic E-state index is 2.36. The summed E-state index contributed by atoms with van der Waals surface area (Å²) in [6, 6.07) is 0. The minimum Gasteiger partial charge on any atom is -0.0939 e. The summed E-state index contributed by atoms with van der Waals surface area (Å²) in [5.74, 6) is 1.26. The van der Waals surface area contributed by atoms with Crippen molar-refractivity contribution in [1.29, 1.82) is 0 Å². The molecule has 0 amide bonds. The van der Waals surface area contributed by atoms with Gasteiger partial charge in [-0.05, 0) is 19.3 Å². The van der Waals surface area contributed by atoms with Crippen LogP contribution in [0.3, 0.4) is 0 Å². The molecule has 0 aromatic rings. The second kappa shape index (κ2) is 5.43. The predicted molar refractivity (Wildman–Crippen MR) is 61.8 cm³/mol. The summed E-state index contributed by atoms with van der Waals surface area (Å²) < 4.78 is 0.652. The molecule has 0 spiro atoms. The van der Waals surface area contributed by atoms with Gasteiger partial charge >= 0.3 is 0 Å². The highest BCUT2D eigenvalue weighted by Crippen LogP contribution is 2.47. The molecule has 0 nitrogen and oxygen atoms in total. The Kier molecular flexibility index (Phi) is 4.88. The summed E-state index contributed by atoms with van der Waals surface area (Å²) >= 11 is 0. The Balaban J connectivity index is 2.37. The van der Waals surface area contributed by atoms with Crippen molar-refractivity contribution in [3.63, 3.8) is 0 Å². The largest absolute Gasteiger partial charge is 0.0939 e. The van der Waals surface area contributed by atoms with Gasteiger partial charge in [-0.15, -0.1) is 0 Å². The summed E-state index contributed by atoms with van der Waals surface area (Å²) in [4.78, 5) is 0. The Labute approximate surface area is 84.7 Å². The zero-order valence-corrected chi connectivity index (χ0v) is 9.90. The van der Waals surface area contributed by atoms with Crippen LogP contribution in [-0.4, -0.2) is 10.5 Å². The molecule has 72 valence electrons. The molecule has 0 unspecified atom stereocenters. The Morgan fingerprint density at radius 1 is 1.08 bits per heavy atom. The van der Waals surface area contributed by atoms with E-state index >= 15 is 0 Å². The first-order chi connectivity index (χ1) is 5.83. The van der Waals surface area contributed by atoms with E-state index < -0.39 is 0 Å². The van der Waals surface area contributed by atoms with Crippen molar-refractivity contribution in [2.24, 2.45) is 0 Å². The topological polar surface area (TPSA) is 0 Å². The fraction of sp³-hybridized carbons (Fsp3) is 1.00. The molecule has 2 heteroatoms. The van der Waals surface area contributed by atoms with Crippen LogP contribution in [0.2, 0.25) is 0 Å². The van der Waals surface area contributed by atoms with Crippen LogP contribution < -0.4 is 0 Å². The van der Waals surface area contributed by atoms with Crippen LogP contribution in [0.4, 0.5) is 0 Å². The van der Waals surface area contributed by atoms with Crippen LogP contribution in [0.25, 0.3) is 0 Å². The minimum absolute atomic E-state index is 0.652. The van der Waals surface area contributed by atoms with Gasteiger partial charge in [-0.2, -0.15) is 0 Å². The second-order valence-corrected chi connectivity index (χ2v) is 6.64. The smallest absolute Gasteiger partial charge is 0.0261 e. The average molecular weight is 204 g/mol. The van der Waals surface area contributed by atoms with Crippen molar-refractivity contribution in [3.05, 3.63) is 0 Å². The van der Waals surface area contributed by atoms with E-state index in [2.05, 4.69) is 35.4 Å². The van der Waals surface area contributed by atoms with Gasteiger partial charge in [0.1, 0.15) is 0 Å². The molecule has 0 bridgehead atoms. The first-order valence-corrected chi connectivity index (χ1v) is 7.45. The second-order valence-electron chi connectivity index (χ2n) is 3.59. The lowest BCUT2D eigenvalue weighted by atomic mass is 9.86. The van der Waals surface area contributed by atoms with E-state index in [1.807, 2.05) is 0 Å². The fourth-order valence-corrected chi connectivity index (χ4v) is 4.77. The molecule has 12 heavy (non-hydrogen) atoms. The Hall–Kier alpha value is 0.700. The lowest BCUT2D eigenvalue weighted by Crippen LogP contribution is -2.25. The van der Waals surface area contributed by atoms with Crippen molar-refractivity contribution >= 4 is 21.6 Å². The molecule has 0 aromatic carbocycles. The van der Waals surface area contributed by atoms with Crippen LogP contribution in [-0.2, 0) is 0 Å². The van der Waals surface area contributed by atoms with Crippen LogP contribution in [0, 0.1) is 0 Å². The molecule has 0 aliphatic heterocycles. The van der Waals surface area contributed by atoms with Gasteiger partial charge in [-0.25, -0.2) is 0 Å². The maximum atomic E-state index is 2.36. The van der Waals surface area contributed by atoms with Crippen LogP contribution in [0.1, 0.15) is 52.4 Å². The Morgan fingerprint density at radius 3 is 2.25 bits per heavy atom. The van der Waals surface area contributed by atoms with Gasteiger partial charge in [0.2, 0.25) is 0 Å². The van der Waals surface area contributed by atoms with E-state index in [-0.39, 0.29) is 0 Å². The first-order valence-electron chi connectivity index (χ1n) is 5.13. The summed E-state index contributed by atoms with van der Waals surface area (Å²) in [6.45, 7) is 4.61. The lowest BCUT2D eigenvalue weighted by molar-refractivity contribution is 0.390. The van der Waals surface area contributed by atoms with E-state index in [1.54, 1.807) is 0 Å². The molecule has 1 aliphatic rings. The third-order valence-electron chi connectivity index (χ3n) is 2.76. The summed E-state index contributed by atoms with van der Waals surface area (Å²) in [5, 5.41) is 0. The molecule has 1 saturated carbocycles. The minimum atomic E-state index is 0.652. The van der Waals surface area contributed by atoms with Crippen molar-refractivity contribution < 1.29 is 0 Å². The average Bonchev–Trinajstić information content (AvgIpc) is 2.16. The third-order valence-corrected chi connectivity index (χ3v) is 6.29. The fourth-order valence-electron chi connectivity index (χ4n) is 1.88. The Bertz CT molecular complexity index is 117. The van der Waals surface area contributed by atoms with E-state index in [4.69, 9.17) is 0 Å². The lowest BCUT2D eigenvalue weighted by Gasteiger charge is -2.35. The van der Waals surface area contributed by atoms with Gasteiger partial charge < -0.3 is 0 Å². The van der Waals surface area contributed by atoms with E-state index in [0.29, 0.717) is 4.75 Å². The zero-order chi connectivity index (χ0) is 8.86.